The van der Waals surface area contributed by atoms with Gasteiger partial charge < -0.3 is 19.7 Å². The number of aromatic hydroxyl groups is 1. The molecule has 1 heterocycles. The Hall–Kier alpha value is -2.93. The van der Waals surface area contributed by atoms with E-state index in [1.165, 1.54) is 0 Å². The second-order valence-corrected chi connectivity index (χ2v) is 5.68. The fourth-order valence-electron chi connectivity index (χ4n) is 2.64. The van der Waals surface area contributed by atoms with Crippen LogP contribution >= 0.6 is 12.2 Å². The number of nitrogens with one attached hydrogen (secondary N) is 1. The molecule has 0 aliphatic carbocycles. The van der Waals surface area contributed by atoms with Crippen LogP contribution < -0.4 is 10.1 Å². The summed E-state index contributed by atoms with van der Waals surface area (Å²) in [6.07, 6.45) is 0. The highest BCUT2D eigenvalue weighted by Gasteiger charge is 2.15. The number of para-hydroxylation sites is 1. The van der Waals surface area contributed by atoms with Crippen LogP contribution in [-0.2, 0) is 6.54 Å². The second kappa shape index (κ2) is 7.31. The van der Waals surface area contributed by atoms with E-state index in [0.717, 1.165) is 16.6 Å². The van der Waals surface area contributed by atoms with Gasteiger partial charge in [0.1, 0.15) is 5.75 Å². The molecule has 3 aromatic rings. The number of hydrogen-bond acceptors (Lipinski definition) is 4. The number of methoxy groups -OCH3 is 1. The van der Waals surface area contributed by atoms with Gasteiger partial charge in [-0.2, -0.15) is 0 Å². The summed E-state index contributed by atoms with van der Waals surface area (Å²) in [4.78, 5) is 0. The summed E-state index contributed by atoms with van der Waals surface area (Å²) in [7, 11) is 1.60. The molecule has 6 nitrogen and oxygen atoms in total. The maximum atomic E-state index is 10.4. The van der Waals surface area contributed by atoms with Crippen molar-refractivity contribution in [1.29, 1.82) is 0 Å². The summed E-state index contributed by atoms with van der Waals surface area (Å²) in [6, 6.07) is 15.0. The van der Waals surface area contributed by atoms with Crippen molar-refractivity contribution in [1.82, 2.24) is 4.57 Å². The Morgan fingerprint density at radius 1 is 1.24 bits per heavy atom. The number of azo groups is 1. The van der Waals surface area contributed by atoms with Gasteiger partial charge in [0.25, 0.3) is 0 Å². The number of thiocarbonyl (C=S) groups is 1. The minimum Gasteiger partial charge on any atom is -0.497 e. The maximum Gasteiger partial charge on any atom is 0.220 e. The zero-order valence-electron chi connectivity index (χ0n) is 13.9. The van der Waals surface area contributed by atoms with Gasteiger partial charge in [-0.3, -0.25) is 0 Å². The van der Waals surface area contributed by atoms with Crippen molar-refractivity contribution in [2.45, 2.75) is 13.5 Å². The number of ether oxygens (including phenoxy) is 1. The third-order valence-electron chi connectivity index (χ3n) is 3.80. The molecule has 0 bridgehead atoms. The van der Waals surface area contributed by atoms with Gasteiger partial charge in [0, 0.05) is 23.7 Å². The molecule has 0 saturated heterocycles. The SMILES string of the molecule is CCn1c(O)c(N=NC(=S)Nc2cccc(OC)c2)c2ccccc21. The van der Waals surface area contributed by atoms with Crippen LogP contribution in [0.4, 0.5) is 11.4 Å². The lowest BCUT2D eigenvalue weighted by Crippen LogP contribution is -2.04. The van der Waals surface area contributed by atoms with Crippen molar-refractivity contribution in [3.8, 4) is 11.6 Å². The van der Waals surface area contributed by atoms with Crippen LogP contribution in [0.1, 0.15) is 6.92 Å². The molecule has 0 aliphatic heterocycles. The van der Waals surface area contributed by atoms with E-state index in [0.29, 0.717) is 18.0 Å². The molecule has 25 heavy (non-hydrogen) atoms. The van der Waals surface area contributed by atoms with E-state index in [-0.39, 0.29) is 11.0 Å². The predicted molar refractivity (Wildman–Crippen MR) is 103 cm³/mol. The Labute approximate surface area is 150 Å². The number of hydrogen-bond donors (Lipinski definition) is 2. The molecule has 0 fully saturated rings. The number of aromatic nitrogens is 1. The molecule has 2 aromatic carbocycles. The molecule has 0 saturated carbocycles. The van der Waals surface area contributed by atoms with Gasteiger partial charge in [0.15, 0.2) is 5.69 Å². The fraction of sp³-hybridized carbons (Fsp3) is 0.167. The second-order valence-electron chi connectivity index (χ2n) is 5.30. The first-order valence-electron chi connectivity index (χ1n) is 7.81. The third kappa shape index (κ3) is 3.46. The van der Waals surface area contributed by atoms with E-state index in [1.54, 1.807) is 11.7 Å². The van der Waals surface area contributed by atoms with Crippen molar-refractivity contribution >= 4 is 39.6 Å². The number of aryl methyl sites for hydroxylation is 1. The lowest BCUT2D eigenvalue weighted by Gasteiger charge is -2.05. The molecule has 2 N–H and O–H groups in total. The Kier molecular flexibility index (Phi) is 4.95. The van der Waals surface area contributed by atoms with Crippen LogP contribution in [0.3, 0.4) is 0 Å². The Bertz CT molecular complexity index is 949. The molecule has 3 rings (SSSR count). The van der Waals surface area contributed by atoms with Crippen LogP contribution in [0.25, 0.3) is 10.9 Å². The summed E-state index contributed by atoms with van der Waals surface area (Å²) >= 11 is 5.22. The first-order chi connectivity index (χ1) is 12.1. The van der Waals surface area contributed by atoms with Crippen LogP contribution in [0.5, 0.6) is 11.6 Å². The highest BCUT2D eigenvalue weighted by atomic mass is 32.1. The van der Waals surface area contributed by atoms with Gasteiger partial charge in [-0.25, -0.2) is 0 Å². The van der Waals surface area contributed by atoms with E-state index in [9.17, 15) is 5.11 Å². The standard InChI is InChI=1S/C18H18N4O2S/c1-3-22-15-10-5-4-9-14(15)16(17(22)23)20-21-18(25)19-12-7-6-8-13(11-12)24-2/h4-11,23H,3H2,1-2H3,(H,19,25). The Morgan fingerprint density at radius 2 is 2.04 bits per heavy atom. The summed E-state index contributed by atoms with van der Waals surface area (Å²) in [5, 5.41) is 22.6. The molecule has 0 atom stereocenters. The summed E-state index contributed by atoms with van der Waals surface area (Å²) in [5.74, 6) is 0.796. The average Bonchev–Trinajstić information content (AvgIpc) is 2.91. The highest BCUT2D eigenvalue weighted by Crippen LogP contribution is 2.38. The first-order valence-corrected chi connectivity index (χ1v) is 8.21. The van der Waals surface area contributed by atoms with Crippen molar-refractivity contribution in [3.63, 3.8) is 0 Å². The number of fused-ring (bicyclic) bond motifs is 1. The molecule has 7 heteroatoms. The summed E-state index contributed by atoms with van der Waals surface area (Å²) < 4.78 is 6.95. The van der Waals surface area contributed by atoms with E-state index < -0.39 is 0 Å². The zero-order chi connectivity index (χ0) is 17.8. The minimum atomic E-state index is 0.0802. The summed E-state index contributed by atoms with van der Waals surface area (Å²) in [5.41, 5.74) is 2.07. The molecule has 0 unspecified atom stereocenters. The predicted octanol–water partition coefficient (Wildman–Crippen LogP) is 4.86. The quantitative estimate of drug-likeness (QED) is 0.519. The van der Waals surface area contributed by atoms with Gasteiger partial charge in [0.2, 0.25) is 11.0 Å². The van der Waals surface area contributed by atoms with Crippen molar-refractivity contribution in [3.05, 3.63) is 48.5 Å². The smallest absolute Gasteiger partial charge is 0.220 e. The number of anilines is 1. The van der Waals surface area contributed by atoms with Gasteiger partial charge in [-0.15, -0.1) is 10.2 Å². The molecule has 1 aromatic heterocycles. The fourth-order valence-corrected chi connectivity index (χ4v) is 2.79. The molecular weight excluding hydrogens is 336 g/mol. The average molecular weight is 354 g/mol. The van der Waals surface area contributed by atoms with Gasteiger partial charge in [-0.05, 0) is 37.3 Å². The first kappa shape index (κ1) is 16.9. The zero-order valence-corrected chi connectivity index (χ0v) is 14.7. The van der Waals surface area contributed by atoms with Gasteiger partial charge in [0.05, 0.1) is 12.6 Å². The minimum absolute atomic E-state index is 0.0802. The van der Waals surface area contributed by atoms with Crippen molar-refractivity contribution < 1.29 is 9.84 Å². The number of rotatable bonds is 4. The lowest BCUT2D eigenvalue weighted by atomic mass is 10.2. The Morgan fingerprint density at radius 3 is 2.80 bits per heavy atom. The van der Waals surface area contributed by atoms with E-state index in [2.05, 4.69) is 15.5 Å². The van der Waals surface area contributed by atoms with Gasteiger partial charge in [-0.1, -0.05) is 24.3 Å². The molecule has 128 valence electrons. The van der Waals surface area contributed by atoms with E-state index in [1.807, 2.05) is 55.5 Å². The number of nitrogens with zero attached hydrogens (tertiary/aromatic N) is 3. The van der Waals surface area contributed by atoms with Crippen LogP contribution in [0.2, 0.25) is 0 Å². The largest absolute Gasteiger partial charge is 0.497 e. The van der Waals surface area contributed by atoms with Crippen LogP contribution in [0, 0.1) is 0 Å². The molecule has 0 aliphatic rings. The highest BCUT2D eigenvalue weighted by molar-refractivity contribution is 7.80. The third-order valence-corrected chi connectivity index (χ3v) is 3.98. The molecule has 0 amide bonds. The normalized spacial score (nSPS) is 11.1. The monoisotopic (exact) mass is 354 g/mol. The van der Waals surface area contributed by atoms with Crippen molar-refractivity contribution in [2.75, 3.05) is 12.4 Å². The van der Waals surface area contributed by atoms with Crippen LogP contribution in [0.15, 0.2) is 58.8 Å². The number of benzene rings is 2. The van der Waals surface area contributed by atoms with Crippen LogP contribution in [-0.4, -0.2) is 21.9 Å². The topological polar surface area (TPSA) is 71.1 Å². The molecule has 0 spiro atoms. The Balaban J connectivity index is 1.85. The molecule has 0 radical (unpaired) electrons. The van der Waals surface area contributed by atoms with Gasteiger partial charge >= 0.3 is 0 Å². The maximum absolute atomic E-state index is 10.4. The lowest BCUT2D eigenvalue weighted by molar-refractivity contribution is 0.415. The molecular formula is C18H18N4O2S. The summed E-state index contributed by atoms with van der Waals surface area (Å²) in [6.45, 7) is 2.59. The van der Waals surface area contributed by atoms with E-state index in [4.69, 9.17) is 17.0 Å². The van der Waals surface area contributed by atoms with E-state index >= 15 is 0 Å². The van der Waals surface area contributed by atoms with Crippen molar-refractivity contribution in [2.24, 2.45) is 10.2 Å².